The minimum atomic E-state index is -0.385. The molecule has 2 rings (SSSR count). The van der Waals surface area contributed by atoms with Crippen LogP contribution < -0.4 is 5.76 Å². The summed E-state index contributed by atoms with van der Waals surface area (Å²) in [4.78, 5) is 13.3. The van der Waals surface area contributed by atoms with Crippen LogP contribution in [0.2, 0.25) is 0 Å². The molecular formula is C13H18N2O4. The monoisotopic (exact) mass is 266 g/mol. The van der Waals surface area contributed by atoms with Crippen molar-refractivity contribution in [2.24, 2.45) is 7.05 Å². The van der Waals surface area contributed by atoms with Crippen LogP contribution in [0.15, 0.2) is 27.4 Å². The quantitative estimate of drug-likeness (QED) is 0.791. The van der Waals surface area contributed by atoms with E-state index in [4.69, 9.17) is 14.6 Å². The summed E-state index contributed by atoms with van der Waals surface area (Å²) in [6.07, 6.45) is 0. The second kappa shape index (κ2) is 5.56. The molecule has 0 bridgehead atoms. The van der Waals surface area contributed by atoms with Crippen molar-refractivity contribution in [3.8, 4) is 0 Å². The summed E-state index contributed by atoms with van der Waals surface area (Å²) < 4.78 is 6.52. The lowest BCUT2D eigenvalue weighted by Crippen LogP contribution is -2.37. The Morgan fingerprint density at radius 2 is 2.05 bits per heavy atom. The number of benzene rings is 1. The highest BCUT2D eigenvalue weighted by Crippen LogP contribution is 2.16. The van der Waals surface area contributed by atoms with E-state index in [-0.39, 0.29) is 25.0 Å². The fourth-order valence-corrected chi connectivity index (χ4v) is 2.02. The molecule has 1 aromatic carbocycles. The maximum absolute atomic E-state index is 11.4. The normalized spacial score (nSPS) is 11.9. The molecule has 0 saturated heterocycles. The van der Waals surface area contributed by atoms with Crippen molar-refractivity contribution in [3.63, 3.8) is 0 Å². The molecule has 0 amide bonds. The Morgan fingerprint density at radius 3 is 2.68 bits per heavy atom. The van der Waals surface area contributed by atoms with Crippen LogP contribution in [0.1, 0.15) is 5.56 Å². The Balaban J connectivity index is 2.26. The minimum Gasteiger partial charge on any atom is -0.408 e. The highest BCUT2D eigenvalue weighted by Gasteiger charge is 2.14. The van der Waals surface area contributed by atoms with Crippen molar-refractivity contribution >= 4 is 11.1 Å². The van der Waals surface area contributed by atoms with Crippen LogP contribution in [0.4, 0.5) is 0 Å². The molecule has 0 unspecified atom stereocenters. The molecule has 0 radical (unpaired) electrons. The molecule has 2 N–H and O–H groups in total. The molecule has 1 aromatic heterocycles. The first kappa shape index (κ1) is 13.8. The molecule has 0 saturated carbocycles. The molecule has 0 aliphatic carbocycles. The maximum atomic E-state index is 11.4. The molecule has 6 heteroatoms. The van der Waals surface area contributed by atoms with E-state index in [1.807, 2.05) is 24.1 Å². The van der Waals surface area contributed by atoms with Gasteiger partial charge in [0.25, 0.3) is 0 Å². The highest BCUT2D eigenvalue weighted by atomic mass is 16.4. The fourth-order valence-electron chi connectivity index (χ4n) is 2.02. The number of aryl methyl sites for hydroxylation is 1. The van der Waals surface area contributed by atoms with Crippen molar-refractivity contribution in [3.05, 3.63) is 34.3 Å². The lowest BCUT2D eigenvalue weighted by atomic mass is 10.1. The molecule has 0 atom stereocenters. The number of aliphatic hydroxyl groups is 2. The van der Waals surface area contributed by atoms with Gasteiger partial charge in [0.2, 0.25) is 0 Å². The number of hydrogen-bond acceptors (Lipinski definition) is 5. The molecular weight excluding hydrogens is 248 g/mol. The molecule has 104 valence electrons. The number of aromatic nitrogens is 1. The number of hydrogen-bond donors (Lipinski definition) is 2. The molecule has 0 spiro atoms. The summed E-state index contributed by atoms with van der Waals surface area (Å²) in [6.45, 7) is 0.375. The average Bonchev–Trinajstić information content (AvgIpc) is 2.67. The van der Waals surface area contributed by atoms with E-state index in [1.165, 1.54) is 4.57 Å². The van der Waals surface area contributed by atoms with Gasteiger partial charge < -0.3 is 14.6 Å². The Kier molecular flexibility index (Phi) is 4.04. The summed E-state index contributed by atoms with van der Waals surface area (Å²) in [6, 6.07) is 5.21. The first-order valence-corrected chi connectivity index (χ1v) is 6.07. The molecule has 0 aliphatic heterocycles. The predicted octanol–water partition coefficient (Wildman–Crippen LogP) is -0.0835. The van der Waals surface area contributed by atoms with Crippen molar-refractivity contribution in [1.29, 1.82) is 0 Å². The largest absolute Gasteiger partial charge is 0.419 e. The van der Waals surface area contributed by atoms with Gasteiger partial charge in [-0.1, -0.05) is 6.07 Å². The van der Waals surface area contributed by atoms with Crippen molar-refractivity contribution < 1.29 is 14.6 Å². The van der Waals surface area contributed by atoms with Gasteiger partial charge in [0, 0.05) is 13.6 Å². The van der Waals surface area contributed by atoms with E-state index in [0.29, 0.717) is 12.1 Å². The number of nitrogens with zero attached hydrogens (tertiary/aromatic N) is 2. The van der Waals surface area contributed by atoms with E-state index < -0.39 is 0 Å². The number of aliphatic hydroxyl groups excluding tert-OH is 2. The summed E-state index contributed by atoms with van der Waals surface area (Å²) in [7, 11) is 3.49. The number of likely N-dealkylation sites (N-methyl/N-ethyl adjacent to an activating group) is 1. The van der Waals surface area contributed by atoms with E-state index in [2.05, 4.69) is 0 Å². The van der Waals surface area contributed by atoms with Crippen LogP contribution in [0.3, 0.4) is 0 Å². The molecule has 2 aromatic rings. The van der Waals surface area contributed by atoms with Crippen LogP contribution in [0, 0.1) is 0 Å². The van der Waals surface area contributed by atoms with Gasteiger partial charge in [-0.15, -0.1) is 0 Å². The summed E-state index contributed by atoms with van der Waals surface area (Å²) in [5.74, 6) is -0.385. The Hall–Kier alpha value is -1.63. The second-order valence-electron chi connectivity index (χ2n) is 4.66. The first-order chi connectivity index (χ1) is 9.06. The fraction of sp³-hybridized carbons (Fsp3) is 0.462. The topological polar surface area (TPSA) is 78.8 Å². The smallest absolute Gasteiger partial charge is 0.408 e. The van der Waals surface area contributed by atoms with Crippen molar-refractivity contribution in [1.82, 2.24) is 9.47 Å². The van der Waals surface area contributed by atoms with E-state index >= 15 is 0 Å². The summed E-state index contributed by atoms with van der Waals surface area (Å²) >= 11 is 0. The van der Waals surface area contributed by atoms with Gasteiger partial charge in [-0.2, -0.15) is 0 Å². The van der Waals surface area contributed by atoms with Gasteiger partial charge in [-0.25, -0.2) is 4.79 Å². The average molecular weight is 266 g/mol. The molecule has 1 heterocycles. The molecule has 0 fully saturated rings. The maximum Gasteiger partial charge on any atom is 0.419 e. The van der Waals surface area contributed by atoms with Crippen LogP contribution in [-0.2, 0) is 13.6 Å². The van der Waals surface area contributed by atoms with E-state index in [0.717, 1.165) is 11.1 Å². The van der Waals surface area contributed by atoms with Gasteiger partial charge in [-0.3, -0.25) is 9.47 Å². The van der Waals surface area contributed by atoms with Crippen LogP contribution in [-0.4, -0.2) is 46.0 Å². The summed E-state index contributed by atoms with van der Waals surface area (Å²) in [5, 5.41) is 18.3. The van der Waals surface area contributed by atoms with Gasteiger partial charge in [0.15, 0.2) is 5.58 Å². The zero-order valence-electron chi connectivity index (χ0n) is 11.0. The third kappa shape index (κ3) is 2.70. The predicted molar refractivity (Wildman–Crippen MR) is 70.9 cm³/mol. The molecule has 0 aliphatic rings. The zero-order valence-corrected chi connectivity index (χ0v) is 11.0. The van der Waals surface area contributed by atoms with Gasteiger partial charge >= 0.3 is 5.76 Å². The SMILES string of the molecule is CN(Cc1ccc2oc(=O)n(C)c2c1)C(CO)CO. The minimum absolute atomic E-state index is 0.0978. The van der Waals surface area contributed by atoms with Gasteiger partial charge in [0.05, 0.1) is 24.8 Å². The molecule has 19 heavy (non-hydrogen) atoms. The number of rotatable bonds is 5. The molecule has 6 nitrogen and oxygen atoms in total. The third-order valence-electron chi connectivity index (χ3n) is 3.33. The zero-order chi connectivity index (χ0) is 14.0. The van der Waals surface area contributed by atoms with Crippen LogP contribution >= 0.6 is 0 Å². The lowest BCUT2D eigenvalue weighted by Gasteiger charge is -2.24. The van der Waals surface area contributed by atoms with E-state index in [1.54, 1.807) is 13.1 Å². The van der Waals surface area contributed by atoms with Crippen LogP contribution in [0.25, 0.3) is 11.1 Å². The Bertz CT molecular complexity index is 613. The van der Waals surface area contributed by atoms with E-state index in [9.17, 15) is 4.79 Å². The standard InChI is InChI=1S/C13H18N2O4/c1-14(10(7-16)8-17)6-9-3-4-12-11(5-9)15(2)13(18)19-12/h3-5,10,16-17H,6-8H2,1-2H3. The van der Waals surface area contributed by atoms with Crippen LogP contribution in [0.5, 0.6) is 0 Å². The number of fused-ring (bicyclic) bond motifs is 1. The third-order valence-corrected chi connectivity index (χ3v) is 3.33. The number of oxazole rings is 1. The highest BCUT2D eigenvalue weighted by molar-refractivity contribution is 5.73. The van der Waals surface area contributed by atoms with Gasteiger partial charge in [-0.05, 0) is 24.7 Å². The summed E-state index contributed by atoms with van der Waals surface area (Å²) in [5.41, 5.74) is 2.28. The van der Waals surface area contributed by atoms with Gasteiger partial charge in [0.1, 0.15) is 0 Å². The van der Waals surface area contributed by atoms with Crippen molar-refractivity contribution in [2.75, 3.05) is 20.3 Å². The second-order valence-corrected chi connectivity index (χ2v) is 4.66. The van der Waals surface area contributed by atoms with Crippen molar-refractivity contribution in [2.45, 2.75) is 12.6 Å². The lowest BCUT2D eigenvalue weighted by molar-refractivity contribution is 0.0874. The first-order valence-electron chi connectivity index (χ1n) is 6.07. The Labute approximate surface area is 110 Å². The Morgan fingerprint density at radius 1 is 1.37 bits per heavy atom.